The maximum absolute atomic E-state index is 3.70. The van der Waals surface area contributed by atoms with Crippen LogP contribution in [0.1, 0.15) is 56.7 Å². The van der Waals surface area contributed by atoms with E-state index in [0.717, 1.165) is 0 Å². The van der Waals surface area contributed by atoms with Crippen molar-refractivity contribution in [2.24, 2.45) is 0 Å². The minimum absolute atomic E-state index is 0.454. The zero-order valence-corrected chi connectivity index (χ0v) is 11.7. The van der Waals surface area contributed by atoms with Crippen molar-refractivity contribution in [1.29, 1.82) is 0 Å². The first-order valence-electron chi connectivity index (χ1n) is 7.29. The van der Waals surface area contributed by atoms with Crippen LogP contribution in [-0.2, 0) is 6.42 Å². The molecule has 0 saturated heterocycles. The fourth-order valence-electron chi connectivity index (χ4n) is 2.56. The van der Waals surface area contributed by atoms with Crippen molar-refractivity contribution in [3.8, 4) is 0 Å². The minimum atomic E-state index is 0.454. The maximum Gasteiger partial charge on any atom is 0.0294 e. The molecule has 2 rings (SSSR count). The molecule has 0 amide bonds. The van der Waals surface area contributed by atoms with E-state index in [1.807, 2.05) is 0 Å². The summed E-state index contributed by atoms with van der Waals surface area (Å²) in [5.74, 6) is 0. The van der Waals surface area contributed by atoms with Gasteiger partial charge in [0.15, 0.2) is 0 Å². The first kappa shape index (κ1) is 13.4. The average Bonchev–Trinajstić information content (AvgIpc) is 2.89. The van der Waals surface area contributed by atoms with Crippen LogP contribution in [0.3, 0.4) is 0 Å². The van der Waals surface area contributed by atoms with E-state index in [-0.39, 0.29) is 0 Å². The molecule has 18 heavy (non-hydrogen) atoms. The Kier molecular flexibility index (Phi) is 5.00. The molecule has 1 N–H and O–H groups in total. The molecule has 0 fully saturated rings. The molecular weight excluding hydrogens is 218 g/mol. The lowest BCUT2D eigenvalue weighted by atomic mass is 10.0. The highest BCUT2D eigenvalue weighted by atomic mass is 14.9. The summed E-state index contributed by atoms with van der Waals surface area (Å²) in [5.41, 5.74) is 2.87. The quantitative estimate of drug-likeness (QED) is 0.730. The van der Waals surface area contributed by atoms with Crippen molar-refractivity contribution < 1.29 is 0 Å². The van der Waals surface area contributed by atoms with Crippen LogP contribution in [0.2, 0.25) is 0 Å². The van der Waals surface area contributed by atoms with Crippen molar-refractivity contribution in [2.45, 2.75) is 58.0 Å². The summed E-state index contributed by atoms with van der Waals surface area (Å²) in [5, 5.41) is 3.70. The summed E-state index contributed by atoms with van der Waals surface area (Å²) in [6.07, 6.45) is 10.7. The Morgan fingerprint density at radius 3 is 2.44 bits per heavy atom. The third kappa shape index (κ3) is 3.71. The molecule has 0 radical (unpaired) electrons. The Labute approximate surface area is 111 Å². The van der Waals surface area contributed by atoms with Gasteiger partial charge in [-0.15, -0.1) is 0 Å². The maximum atomic E-state index is 3.70. The van der Waals surface area contributed by atoms with Gasteiger partial charge in [0.2, 0.25) is 0 Å². The van der Waals surface area contributed by atoms with Gasteiger partial charge in [0.05, 0.1) is 0 Å². The van der Waals surface area contributed by atoms with Gasteiger partial charge < -0.3 is 5.32 Å². The van der Waals surface area contributed by atoms with E-state index in [4.69, 9.17) is 0 Å². The van der Waals surface area contributed by atoms with Gasteiger partial charge in [0.25, 0.3) is 0 Å². The monoisotopic (exact) mass is 243 g/mol. The van der Waals surface area contributed by atoms with Crippen molar-refractivity contribution >= 4 is 0 Å². The Hall–Kier alpha value is -1.08. The van der Waals surface area contributed by atoms with Gasteiger partial charge in [-0.2, -0.15) is 0 Å². The van der Waals surface area contributed by atoms with Crippen LogP contribution in [0, 0.1) is 0 Å². The number of unbranched alkanes of at least 4 members (excludes halogenated alkanes) is 1. The number of hydrogen-bond donors (Lipinski definition) is 1. The molecule has 0 aliphatic heterocycles. The highest BCUT2D eigenvalue weighted by Crippen LogP contribution is 2.18. The summed E-state index contributed by atoms with van der Waals surface area (Å²) in [7, 11) is 0. The first-order valence-corrected chi connectivity index (χ1v) is 7.29. The van der Waals surface area contributed by atoms with E-state index < -0.39 is 0 Å². The fourth-order valence-corrected chi connectivity index (χ4v) is 2.56. The largest absolute Gasteiger partial charge is 0.307 e. The number of aryl methyl sites for hydroxylation is 1. The van der Waals surface area contributed by atoms with Crippen LogP contribution in [-0.4, -0.2) is 6.04 Å². The summed E-state index contributed by atoms with van der Waals surface area (Å²) >= 11 is 0. The van der Waals surface area contributed by atoms with Crippen LogP contribution >= 0.6 is 0 Å². The van der Waals surface area contributed by atoms with Crippen molar-refractivity contribution in [3.63, 3.8) is 0 Å². The standard InChI is InChI=1S/C17H25N/c1-3-4-7-15-10-12-16(13-11-15)14(2)18-17-8-5-6-9-17/h5-6,10-14,17-18H,3-4,7-9H2,1-2H3. The van der Waals surface area contributed by atoms with Crippen LogP contribution in [0.4, 0.5) is 0 Å². The lowest BCUT2D eigenvalue weighted by Crippen LogP contribution is -2.29. The molecule has 1 nitrogen and oxygen atoms in total. The Bertz CT molecular complexity index is 369. The molecule has 1 aromatic carbocycles. The first-order chi connectivity index (χ1) is 8.79. The summed E-state index contributed by atoms with van der Waals surface area (Å²) in [4.78, 5) is 0. The molecule has 0 saturated carbocycles. The zero-order chi connectivity index (χ0) is 12.8. The molecule has 0 aromatic heterocycles. The van der Waals surface area contributed by atoms with Crippen molar-refractivity contribution in [1.82, 2.24) is 5.32 Å². The molecule has 1 heteroatoms. The third-order valence-corrected chi connectivity index (χ3v) is 3.79. The predicted molar refractivity (Wildman–Crippen MR) is 78.8 cm³/mol. The minimum Gasteiger partial charge on any atom is -0.307 e. The van der Waals surface area contributed by atoms with Gasteiger partial charge >= 0.3 is 0 Å². The lowest BCUT2D eigenvalue weighted by Gasteiger charge is -2.19. The van der Waals surface area contributed by atoms with Gasteiger partial charge in [0, 0.05) is 12.1 Å². The molecule has 0 heterocycles. The number of nitrogens with one attached hydrogen (secondary N) is 1. The Morgan fingerprint density at radius 1 is 1.17 bits per heavy atom. The second-order valence-corrected chi connectivity index (χ2v) is 5.37. The number of hydrogen-bond acceptors (Lipinski definition) is 1. The molecule has 98 valence electrons. The second-order valence-electron chi connectivity index (χ2n) is 5.37. The summed E-state index contributed by atoms with van der Waals surface area (Å²) in [6, 6.07) is 10.2. The molecule has 1 aromatic rings. The van der Waals surface area contributed by atoms with Gasteiger partial charge in [-0.25, -0.2) is 0 Å². The topological polar surface area (TPSA) is 12.0 Å². The van der Waals surface area contributed by atoms with E-state index in [9.17, 15) is 0 Å². The van der Waals surface area contributed by atoms with E-state index in [2.05, 4.69) is 55.6 Å². The third-order valence-electron chi connectivity index (χ3n) is 3.79. The van der Waals surface area contributed by atoms with Crippen LogP contribution < -0.4 is 5.32 Å². The number of rotatable bonds is 6. The fraction of sp³-hybridized carbons (Fsp3) is 0.529. The highest BCUT2D eigenvalue weighted by Gasteiger charge is 2.13. The van der Waals surface area contributed by atoms with Gasteiger partial charge in [0.1, 0.15) is 0 Å². The lowest BCUT2D eigenvalue weighted by molar-refractivity contribution is 0.471. The predicted octanol–water partition coefficient (Wildman–Crippen LogP) is 4.40. The van der Waals surface area contributed by atoms with Gasteiger partial charge in [-0.3, -0.25) is 0 Å². The van der Waals surface area contributed by atoms with E-state index in [1.165, 1.54) is 43.2 Å². The summed E-state index contributed by atoms with van der Waals surface area (Å²) in [6.45, 7) is 4.51. The summed E-state index contributed by atoms with van der Waals surface area (Å²) < 4.78 is 0. The van der Waals surface area contributed by atoms with Crippen LogP contribution in [0.5, 0.6) is 0 Å². The number of benzene rings is 1. The van der Waals surface area contributed by atoms with Crippen molar-refractivity contribution in [2.75, 3.05) is 0 Å². The smallest absolute Gasteiger partial charge is 0.0294 e. The Morgan fingerprint density at radius 2 is 1.83 bits per heavy atom. The van der Waals surface area contributed by atoms with Crippen LogP contribution in [0.25, 0.3) is 0 Å². The molecule has 1 aliphatic carbocycles. The van der Waals surface area contributed by atoms with E-state index in [0.29, 0.717) is 12.1 Å². The van der Waals surface area contributed by atoms with Crippen LogP contribution in [0.15, 0.2) is 36.4 Å². The Balaban J connectivity index is 1.87. The van der Waals surface area contributed by atoms with E-state index >= 15 is 0 Å². The van der Waals surface area contributed by atoms with E-state index in [1.54, 1.807) is 0 Å². The average molecular weight is 243 g/mol. The molecule has 0 bridgehead atoms. The normalized spacial score (nSPS) is 17.2. The highest BCUT2D eigenvalue weighted by molar-refractivity contribution is 5.25. The van der Waals surface area contributed by atoms with Gasteiger partial charge in [-0.05, 0) is 43.7 Å². The van der Waals surface area contributed by atoms with Gasteiger partial charge in [-0.1, -0.05) is 49.8 Å². The SMILES string of the molecule is CCCCc1ccc(C(C)NC2CC=CC2)cc1. The van der Waals surface area contributed by atoms with Crippen molar-refractivity contribution in [3.05, 3.63) is 47.5 Å². The molecule has 1 atom stereocenters. The molecular formula is C17H25N. The molecule has 0 spiro atoms. The zero-order valence-electron chi connectivity index (χ0n) is 11.7. The second kappa shape index (κ2) is 6.75. The molecule has 1 aliphatic rings. The molecule has 1 unspecified atom stereocenters.